The number of pyridine rings is 2. The third-order valence-electron chi connectivity index (χ3n) is 5.20. The summed E-state index contributed by atoms with van der Waals surface area (Å²) in [6, 6.07) is 17.1. The number of benzene rings is 1. The molecule has 3 aromatic heterocycles. The van der Waals surface area contributed by atoms with Crippen LogP contribution in [-0.2, 0) is 0 Å². The van der Waals surface area contributed by atoms with E-state index in [1.54, 1.807) is 24.5 Å². The van der Waals surface area contributed by atoms with E-state index in [0.29, 0.717) is 26.3 Å². The van der Waals surface area contributed by atoms with Crippen LogP contribution in [0.25, 0.3) is 10.2 Å². The van der Waals surface area contributed by atoms with Crippen molar-refractivity contribution in [2.24, 2.45) is 5.73 Å². The first-order chi connectivity index (χ1) is 15.6. The van der Waals surface area contributed by atoms with E-state index in [4.69, 9.17) is 10.5 Å². The van der Waals surface area contributed by atoms with Gasteiger partial charge in [0.2, 0.25) is 5.88 Å². The van der Waals surface area contributed by atoms with Gasteiger partial charge in [-0.3, -0.25) is 9.78 Å². The van der Waals surface area contributed by atoms with Crippen molar-refractivity contribution in [1.29, 1.82) is 10.5 Å². The van der Waals surface area contributed by atoms with Gasteiger partial charge in [-0.25, -0.2) is 0 Å². The Bertz CT molecular complexity index is 1520. The van der Waals surface area contributed by atoms with Crippen molar-refractivity contribution < 1.29 is 4.74 Å². The minimum absolute atomic E-state index is 0.0711. The maximum absolute atomic E-state index is 13.2. The van der Waals surface area contributed by atoms with Crippen LogP contribution in [0.2, 0.25) is 0 Å². The van der Waals surface area contributed by atoms with Gasteiger partial charge in [0, 0.05) is 18.1 Å². The fourth-order valence-corrected chi connectivity index (χ4v) is 4.91. The molecule has 1 atom stereocenters. The number of hydrogen-bond donors (Lipinski definition) is 3. The van der Waals surface area contributed by atoms with Gasteiger partial charge in [0.15, 0.2) is 5.75 Å². The number of H-pyrrole nitrogens is 1. The zero-order chi connectivity index (χ0) is 22.2. The number of nitrogens with two attached hydrogens (primary N) is 1. The van der Waals surface area contributed by atoms with E-state index in [9.17, 15) is 15.3 Å². The van der Waals surface area contributed by atoms with E-state index >= 15 is 0 Å². The normalized spacial score (nSPS) is 14.9. The number of thiophene rings is 1. The molecule has 9 heteroatoms. The number of allylic oxidation sites excluding steroid dienone is 1. The van der Waals surface area contributed by atoms with Crippen molar-refractivity contribution in [3.8, 4) is 17.9 Å². The number of aromatic amines is 1. The lowest BCUT2D eigenvalue weighted by Gasteiger charge is -2.25. The second-order valence-corrected chi connectivity index (χ2v) is 8.04. The largest absolute Gasteiger partial charge is 0.438 e. The van der Waals surface area contributed by atoms with E-state index in [1.807, 2.05) is 30.3 Å². The Morgan fingerprint density at radius 3 is 2.56 bits per heavy atom. The molecule has 5 rings (SSSR count). The maximum Gasteiger partial charge on any atom is 0.256 e. The zero-order valence-electron chi connectivity index (χ0n) is 16.4. The van der Waals surface area contributed by atoms with Gasteiger partial charge in [-0.1, -0.05) is 18.2 Å². The predicted octanol–water partition coefficient (Wildman–Crippen LogP) is 3.82. The SMILES string of the molecule is N#CC1=C(N)Oc2c(c(=O)[nH]c3c(C#N)c(Nc4ccccc4)sc23)C1c1ccncc1. The van der Waals surface area contributed by atoms with Crippen molar-refractivity contribution in [3.63, 3.8) is 0 Å². The number of nitriles is 2. The number of nitrogens with zero attached hydrogens (tertiary/aromatic N) is 3. The Kier molecular flexibility index (Phi) is 4.59. The number of aromatic nitrogens is 2. The molecule has 1 aromatic carbocycles. The molecule has 1 unspecified atom stereocenters. The van der Waals surface area contributed by atoms with Crippen LogP contribution in [0, 0.1) is 22.7 Å². The second kappa shape index (κ2) is 7.58. The summed E-state index contributed by atoms with van der Waals surface area (Å²) in [7, 11) is 0. The molecule has 32 heavy (non-hydrogen) atoms. The third kappa shape index (κ3) is 2.97. The summed E-state index contributed by atoms with van der Waals surface area (Å²) in [6.45, 7) is 0. The van der Waals surface area contributed by atoms with Gasteiger partial charge < -0.3 is 20.8 Å². The minimum Gasteiger partial charge on any atom is -0.438 e. The number of rotatable bonds is 3. The molecule has 4 heterocycles. The number of fused-ring (bicyclic) bond motifs is 3. The monoisotopic (exact) mass is 438 g/mol. The van der Waals surface area contributed by atoms with Crippen LogP contribution in [-0.4, -0.2) is 9.97 Å². The highest BCUT2D eigenvalue weighted by atomic mass is 32.1. The van der Waals surface area contributed by atoms with Crippen LogP contribution >= 0.6 is 11.3 Å². The Labute approximate surface area is 185 Å². The first-order valence-corrected chi connectivity index (χ1v) is 10.4. The molecule has 0 saturated heterocycles. The molecular formula is C23H14N6O2S. The zero-order valence-corrected chi connectivity index (χ0v) is 17.2. The predicted molar refractivity (Wildman–Crippen MR) is 120 cm³/mol. The van der Waals surface area contributed by atoms with E-state index < -0.39 is 11.5 Å². The topological polar surface area (TPSA) is 141 Å². The molecule has 0 radical (unpaired) electrons. The van der Waals surface area contributed by atoms with Gasteiger partial charge in [-0.05, 0) is 29.8 Å². The summed E-state index contributed by atoms with van der Waals surface area (Å²) in [4.78, 5) is 20.1. The Morgan fingerprint density at radius 2 is 1.88 bits per heavy atom. The first-order valence-electron chi connectivity index (χ1n) is 9.54. The highest BCUT2D eigenvalue weighted by Gasteiger charge is 2.35. The molecule has 0 amide bonds. The van der Waals surface area contributed by atoms with Crippen molar-refractivity contribution in [3.05, 3.63) is 93.4 Å². The van der Waals surface area contributed by atoms with Crippen LogP contribution in [0.1, 0.15) is 22.6 Å². The summed E-state index contributed by atoms with van der Waals surface area (Å²) >= 11 is 1.27. The Balaban J connectivity index is 1.77. The lowest BCUT2D eigenvalue weighted by Crippen LogP contribution is -2.27. The number of ether oxygens (including phenoxy) is 1. The summed E-state index contributed by atoms with van der Waals surface area (Å²) < 4.78 is 6.38. The minimum atomic E-state index is -0.710. The third-order valence-corrected chi connectivity index (χ3v) is 6.30. The number of para-hydroxylation sites is 1. The quantitative estimate of drug-likeness (QED) is 0.441. The summed E-state index contributed by atoms with van der Waals surface area (Å²) in [5, 5.41) is 23.3. The van der Waals surface area contributed by atoms with Crippen molar-refractivity contribution >= 4 is 32.2 Å². The van der Waals surface area contributed by atoms with Gasteiger partial charge in [0.1, 0.15) is 28.3 Å². The molecule has 4 N–H and O–H groups in total. The average Bonchev–Trinajstić information content (AvgIpc) is 3.16. The molecule has 0 fully saturated rings. The molecule has 1 aliphatic heterocycles. The molecular weight excluding hydrogens is 424 g/mol. The van der Waals surface area contributed by atoms with Crippen LogP contribution < -0.4 is 21.3 Å². The fraction of sp³-hybridized carbons (Fsp3) is 0.0435. The van der Waals surface area contributed by atoms with E-state index in [0.717, 1.165) is 5.69 Å². The van der Waals surface area contributed by atoms with Crippen LogP contribution in [0.5, 0.6) is 5.75 Å². The molecule has 8 nitrogen and oxygen atoms in total. The van der Waals surface area contributed by atoms with E-state index in [2.05, 4.69) is 27.4 Å². The smallest absolute Gasteiger partial charge is 0.256 e. The van der Waals surface area contributed by atoms with Crippen LogP contribution in [0.4, 0.5) is 10.7 Å². The number of anilines is 2. The van der Waals surface area contributed by atoms with Gasteiger partial charge in [0.05, 0.1) is 21.7 Å². The van der Waals surface area contributed by atoms with Crippen LogP contribution in [0.15, 0.2) is 71.1 Å². The molecule has 0 saturated carbocycles. The lowest BCUT2D eigenvalue weighted by molar-refractivity contribution is 0.397. The average molecular weight is 438 g/mol. The van der Waals surface area contributed by atoms with Crippen molar-refractivity contribution in [2.45, 2.75) is 5.92 Å². The number of hydrogen-bond acceptors (Lipinski definition) is 8. The lowest BCUT2D eigenvalue weighted by atomic mass is 9.84. The second-order valence-electron chi connectivity index (χ2n) is 7.02. The maximum atomic E-state index is 13.2. The molecule has 0 aliphatic carbocycles. The molecule has 0 bridgehead atoms. The molecule has 4 aromatic rings. The van der Waals surface area contributed by atoms with Gasteiger partial charge in [-0.2, -0.15) is 10.5 Å². The van der Waals surface area contributed by atoms with Crippen molar-refractivity contribution in [2.75, 3.05) is 5.32 Å². The molecule has 0 spiro atoms. The van der Waals surface area contributed by atoms with Gasteiger partial charge in [-0.15, -0.1) is 11.3 Å². The standard InChI is InChI=1S/C23H14N6O2S/c24-10-14-16(12-6-8-27-9-7-12)17-19(31-21(14)26)20-18(29-22(17)30)15(11-25)23(32-20)28-13-4-2-1-3-5-13/h1-9,16,28H,26H2,(H,29,30). The van der Waals surface area contributed by atoms with Crippen molar-refractivity contribution in [1.82, 2.24) is 9.97 Å². The van der Waals surface area contributed by atoms with E-state index in [-0.39, 0.29) is 22.8 Å². The Morgan fingerprint density at radius 1 is 1.12 bits per heavy atom. The first kappa shape index (κ1) is 19.4. The number of nitrogens with one attached hydrogen (secondary N) is 2. The van der Waals surface area contributed by atoms with Crippen LogP contribution in [0.3, 0.4) is 0 Å². The highest BCUT2D eigenvalue weighted by molar-refractivity contribution is 7.23. The van der Waals surface area contributed by atoms with Gasteiger partial charge >= 0.3 is 0 Å². The summed E-state index contributed by atoms with van der Waals surface area (Å²) in [6.07, 6.45) is 3.17. The fourth-order valence-electron chi connectivity index (χ4n) is 3.79. The highest BCUT2D eigenvalue weighted by Crippen LogP contribution is 2.47. The molecule has 154 valence electrons. The summed E-state index contributed by atoms with van der Waals surface area (Å²) in [5.41, 5.74) is 8.22. The van der Waals surface area contributed by atoms with E-state index in [1.165, 1.54) is 11.3 Å². The summed E-state index contributed by atoms with van der Waals surface area (Å²) in [5.74, 6) is -0.527. The van der Waals surface area contributed by atoms with Gasteiger partial charge in [0.25, 0.3) is 5.56 Å². The Hall–Kier alpha value is -4.60. The molecule has 1 aliphatic rings.